The molecule has 0 unspecified atom stereocenters. The summed E-state index contributed by atoms with van der Waals surface area (Å²) in [6, 6.07) is 13.2. The van der Waals surface area contributed by atoms with E-state index in [4.69, 9.17) is 15.7 Å². The number of nitrogens with two attached hydrogens (primary N) is 1. The van der Waals surface area contributed by atoms with E-state index in [1.54, 1.807) is 12.1 Å². The lowest BCUT2D eigenvalue weighted by molar-refractivity contribution is 0.318. The number of aryl methyl sites for hydroxylation is 1. The molecule has 0 spiro atoms. The lowest BCUT2D eigenvalue weighted by Crippen LogP contribution is -2.14. The molecule has 2 aromatic carbocycles. The Morgan fingerprint density at radius 2 is 1.95 bits per heavy atom. The Balaban J connectivity index is 2.32. The highest BCUT2D eigenvalue weighted by Crippen LogP contribution is 2.28. The molecule has 5 heteroatoms. The van der Waals surface area contributed by atoms with Gasteiger partial charge in [-0.2, -0.15) is 0 Å². The first-order chi connectivity index (χ1) is 9.63. The normalized spacial score (nSPS) is 11.4. The number of benzene rings is 2. The van der Waals surface area contributed by atoms with Crippen LogP contribution in [-0.2, 0) is 6.42 Å². The Hall–Kier alpha value is -2.01. The maximum absolute atomic E-state index is 8.83. The minimum atomic E-state index is 0.00600. The van der Waals surface area contributed by atoms with Crippen LogP contribution in [0.5, 0.6) is 11.5 Å². The van der Waals surface area contributed by atoms with E-state index in [9.17, 15) is 0 Å². The van der Waals surface area contributed by atoms with Gasteiger partial charge in [0, 0.05) is 4.47 Å². The zero-order valence-electron chi connectivity index (χ0n) is 11.0. The van der Waals surface area contributed by atoms with Gasteiger partial charge in [0.2, 0.25) is 0 Å². The van der Waals surface area contributed by atoms with E-state index < -0.39 is 0 Å². The Kier molecular flexibility index (Phi) is 4.63. The Morgan fingerprint density at radius 3 is 2.55 bits per heavy atom. The number of amidine groups is 1. The van der Waals surface area contributed by atoms with Crippen molar-refractivity contribution in [2.45, 2.75) is 13.3 Å². The highest BCUT2D eigenvalue weighted by molar-refractivity contribution is 9.10. The molecular formula is C15H15BrN2O2. The number of oxime groups is 1. The van der Waals surface area contributed by atoms with Crippen LogP contribution >= 0.6 is 15.9 Å². The van der Waals surface area contributed by atoms with E-state index in [-0.39, 0.29) is 5.84 Å². The van der Waals surface area contributed by atoms with E-state index in [1.807, 2.05) is 30.3 Å². The average Bonchev–Trinajstić information content (AvgIpc) is 2.49. The first kappa shape index (κ1) is 14.4. The summed E-state index contributed by atoms with van der Waals surface area (Å²) in [6.07, 6.45) is 0.980. The Morgan fingerprint density at radius 1 is 1.25 bits per heavy atom. The Labute approximate surface area is 126 Å². The average molecular weight is 335 g/mol. The van der Waals surface area contributed by atoms with Gasteiger partial charge >= 0.3 is 0 Å². The van der Waals surface area contributed by atoms with Crippen LogP contribution in [0.3, 0.4) is 0 Å². The van der Waals surface area contributed by atoms with Crippen LogP contribution in [0.4, 0.5) is 0 Å². The fourth-order valence-electron chi connectivity index (χ4n) is 1.77. The molecule has 2 rings (SSSR count). The van der Waals surface area contributed by atoms with Crippen molar-refractivity contribution < 1.29 is 9.94 Å². The molecule has 0 aliphatic carbocycles. The number of halogens is 1. The van der Waals surface area contributed by atoms with Crippen molar-refractivity contribution in [3.05, 3.63) is 58.1 Å². The SMILES string of the molecule is CCc1ccc(Oc2ccc(Br)cc2/C(N)=N/O)cc1. The second-order valence-corrected chi connectivity index (χ2v) is 5.14. The molecule has 0 aliphatic rings. The first-order valence-corrected chi connectivity index (χ1v) is 6.97. The van der Waals surface area contributed by atoms with Crippen LogP contribution < -0.4 is 10.5 Å². The zero-order chi connectivity index (χ0) is 14.5. The quantitative estimate of drug-likeness (QED) is 0.385. The third-order valence-corrected chi connectivity index (χ3v) is 3.38. The first-order valence-electron chi connectivity index (χ1n) is 6.18. The minimum absolute atomic E-state index is 0.00600. The molecule has 0 aromatic heterocycles. The molecule has 3 N–H and O–H groups in total. The standard InChI is InChI=1S/C15H15BrN2O2/c1-2-10-3-6-12(7-4-10)20-14-8-5-11(16)9-13(14)15(17)18-19/h3-9,19H,2H2,1H3,(H2,17,18). The van der Waals surface area contributed by atoms with Gasteiger partial charge in [-0.25, -0.2) is 0 Å². The summed E-state index contributed by atoms with van der Waals surface area (Å²) >= 11 is 3.35. The van der Waals surface area contributed by atoms with Crippen molar-refractivity contribution in [1.29, 1.82) is 0 Å². The van der Waals surface area contributed by atoms with Crippen molar-refractivity contribution in [3.63, 3.8) is 0 Å². The van der Waals surface area contributed by atoms with Crippen LogP contribution in [0.1, 0.15) is 18.1 Å². The molecule has 104 valence electrons. The second-order valence-electron chi connectivity index (χ2n) is 4.23. The minimum Gasteiger partial charge on any atom is -0.457 e. The molecule has 4 nitrogen and oxygen atoms in total. The van der Waals surface area contributed by atoms with Gasteiger partial charge in [-0.1, -0.05) is 40.1 Å². The van der Waals surface area contributed by atoms with Gasteiger partial charge in [0.05, 0.1) is 5.56 Å². The highest BCUT2D eigenvalue weighted by Gasteiger charge is 2.10. The largest absolute Gasteiger partial charge is 0.457 e. The third-order valence-electron chi connectivity index (χ3n) is 2.88. The monoisotopic (exact) mass is 334 g/mol. The molecule has 2 aromatic rings. The van der Waals surface area contributed by atoms with E-state index in [0.717, 1.165) is 10.9 Å². The maximum Gasteiger partial charge on any atom is 0.173 e. The molecule has 0 radical (unpaired) electrons. The van der Waals surface area contributed by atoms with Crippen molar-refractivity contribution in [3.8, 4) is 11.5 Å². The van der Waals surface area contributed by atoms with Crippen molar-refractivity contribution in [2.24, 2.45) is 10.9 Å². The lowest BCUT2D eigenvalue weighted by Gasteiger charge is -2.11. The van der Waals surface area contributed by atoms with Crippen LogP contribution in [0.2, 0.25) is 0 Å². The van der Waals surface area contributed by atoms with Crippen LogP contribution in [0.15, 0.2) is 52.1 Å². The summed E-state index contributed by atoms with van der Waals surface area (Å²) in [5.41, 5.74) is 7.43. The molecular weight excluding hydrogens is 320 g/mol. The second kappa shape index (κ2) is 6.43. The molecule has 20 heavy (non-hydrogen) atoms. The number of hydrogen-bond donors (Lipinski definition) is 2. The van der Waals surface area contributed by atoms with Crippen LogP contribution in [-0.4, -0.2) is 11.0 Å². The van der Waals surface area contributed by atoms with Gasteiger partial charge in [-0.05, 0) is 42.3 Å². The summed E-state index contributed by atoms with van der Waals surface area (Å²) in [4.78, 5) is 0. The number of ether oxygens (including phenoxy) is 1. The smallest absolute Gasteiger partial charge is 0.173 e. The van der Waals surface area contributed by atoms with Crippen LogP contribution in [0, 0.1) is 0 Å². The van der Waals surface area contributed by atoms with E-state index in [1.165, 1.54) is 5.56 Å². The topological polar surface area (TPSA) is 67.8 Å². The molecule has 0 bridgehead atoms. The van der Waals surface area contributed by atoms with Crippen molar-refractivity contribution in [1.82, 2.24) is 0 Å². The molecule has 0 amide bonds. The van der Waals surface area contributed by atoms with Gasteiger partial charge in [-0.3, -0.25) is 0 Å². The molecule has 0 saturated carbocycles. The van der Waals surface area contributed by atoms with E-state index in [0.29, 0.717) is 17.1 Å². The van der Waals surface area contributed by atoms with E-state index >= 15 is 0 Å². The molecule has 0 fully saturated rings. The number of hydrogen-bond acceptors (Lipinski definition) is 3. The third kappa shape index (κ3) is 3.30. The predicted octanol–water partition coefficient (Wildman–Crippen LogP) is 3.90. The van der Waals surface area contributed by atoms with Gasteiger partial charge in [-0.15, -0.1) is 0 Å². The summed E-state index contributed by atoms with van der Waals surface area (Å²) in [6.45, 7) is 2.10. The predicted molar refractivity (Wildman–Crippen MR) is 82.5 cm³/mol. The van der Waals surface area contributed by atoms with Crippen LogP contribution in [0.25, 0.3) is 0 Å². The van der Waals surface area contributed by atoms with Gasteiger partial charge < -0.3 is 15.7 Å². The fourth-order valence-corrected chi connectivity index (χ4v) is 2.13. The van der Waals surface area contributed by atoms with Gasteiger partial charge in [0.1, 0.15) is 11.5 Å². The number of nitrogens with zero attached hydrogens (tertiary/aromatic N) is 1. The number of rotatable bonds is 4. The lowest BCUT2D eigenvalue weighted by atomic mass is 10.1. The Bertz CT molecular complexity index is 624. The molecule has 0 atom stereocenters. The summed E-state index contributed by atoms with van der Waals surface area (Å²) in [5, 5.41) is 11.9. The molecule has 0 saturated heterocycles. The zero-order valence-corrected chi connectivity index (χ0v) is 12.6. The van der Waals surface area contributed by atoms with E-state index in [2.05, 4.69) is 28.0 Å². The van der Waals surface area contributed by atoms with Crippen molar-refractivity contribution >= 4 is 21.8 Å². The van der Waals surface area contributed by atoms with Gasteiger partial charge in [0.25, 0.3) is 0 Å². The highest BCUT2D eigenvalue weighted by atomic mass is 79.9. The fraction of sp³-hybridized carbons (Fsp3) is 0.133. The summed E-state index contributed by atoms with van der Waals surface area (Å²) in [7, 11) is 0. The maximum atomic E-state index is 8.83. The molecule has 0 heterocycles. The molecule has 0 aliphatic heterocycles. The van der Waals surface area contributed by atoms with Crippen molar-refractivity contribution in [2.75, 3.05) is 0 Å². The summed E-state index contributed by atoms with van der Waals surface area (Å²) in [5.74, 6) is 1.25. The summed E-state index contributed by atoms with van der Waals surface area (Å²) < 4.78 is 6.62. The van der Waals surface area contributed by atoms with Gasteiger partial charge in [0.15, 0.2) is 5.84 Å².